The molecular weight excluding hydrogens is 407 g/mol. The van der Waals surface area contributed by atoms with E-state index >= 15 is 0 Å². The van der Waals surface area contributed by atoms with Gasteiger partial charge in [0.2, 0.25) is 15.9 Å². The Balaban J connectivity index is 1.85. The molecule has 1 N–H and O–H groups in total. The first-order valence-corrected chi connectivity index (χ1v) is 10.1. The standard InChI is InChI=1S/C18H19FN2O7S/c1-12(2)27-18(23)28-16-8-3-13(11-20-16)17(22)21-29(24,25)10-9-26-15-6-4-14(19)5-7-15/h3-8,11-12H,9-10H2,1-2H3,(H,21,22). The zero-order valence-electron chi connectivity index (χ0n) is 15.6. The zero-order chi connectivity index (χ0) is 21.4. The molecule has 1 heterocycles. The van der Waals surface area contributed by atoms with Crippen molar-refractivity contribution in [1.29, 1.82) is 0 Å². The van der Waals surface area contributed by atoms with E-state index in [9.17, 15) is 22.4 Å². The number of nitrogens with one attached hydrogen (secondary N) is 1. The Morgan fingerprint density at radius 1 is 1.14 bits per heavy atom. The Labute approximate surface area is 166 Å². The van der Waals surface area contributed by atoms with Gasteiger partial charge < -0.3 is 14.2 Å². The molecule has 0 radical (unpaired) electrons. The highest BCUT2D eigenvalue weighted by atomic mass is 32.2. The minimum Gasteiger partial charge on any atom is -0.492 e. The molecule has 0 saturated carbocycles. The fourth-order valence-electron chi connectivity index (χ4n) is 1.93. The van der Waals surface area contributed by atoms with Crippen LogP contribution in [0, 0.1) is 5.82 Å². The number of hydrogen-bond donors (Lipinski definition) is 1. The van der Waals surface area contributed by atoms with E-state index < -0.39 is 33.7 Å². The number of amides is 1. The number of ether oxygens (including phenoxy) is 3. The molecule has 0 bridgehead atoms. The largest absolute Gasteiger partial charge is 0.515 e. The maximum absolute atomic E-state index is 12.8. The molecule has 11 heteroatoms. The van der Waals surface area contributed by atoms with E-state index in [0.29, 0.717) is 5.75 Å². The van der Waals surface area contributed by atoms with Crippen LogP contribution in [0.25, 0.3) is 0 Å². The van der Waals surface area contributed by atoms with Crippen molar-refractivity contribution >= 4 is 22.1 Å². The third kappa shape index (κ3) is 7.74. The molecule has 0 unspecified atom stereocenters. The van der Waals surface area contributed by atoms with E-state index in [1.165, 1.54) is 36.4 Å². The third-order valence-electron chi connectivity index (χ3n) is 3.20. The molecule has 156 valence electrons. The normalized spacial score (nSPS) is 11.0. The molecule has 0 aliphatic rings. The van der Waals surface area contributed by atoms with Crippen LogP contribution in [0.2, 0.25) is 0 Å². The van der Waals surface area contributed by atoms with Crippen molar-refractivity contribution in [3.63, 3.8) is 0 Å². The minimum absolute atomic E-state index is 0.0578. The summed E-state index contributed by atoms with van der Waals surface area (Å²) in [6.45, 7) is 3.05. The molecule has 9 nitrogen and oxygen atoms in total. The van der Waals surface area contributed by atoms with Crippen molar-refractivity contribution in [3.8, 4) is 11.6 Å². The second kappa shape index (κ2) is 9.82. The van der Waals surface area contributed by atoms with Crippen molar-refractivity contribution in [2.24, 2.45) is 0 Å². The lowest BCUT2D eigenvalue weighted by molar-refractivity contribution is 0.0716. The van der Waals surface area contributed by atoms with E-state index in [4.69, 9.17) is 14.2 Å². The van der Waals surface area contributed by atoms with Gasteiger partial charge in [-0.1, -0.05) is 0 Å². The molecule has 0 aliphatic carbocycles. The molecule has 0 aliphatic heterocycles. The summed E-state index contributed by atoms with van der Waals surface area (Å²) in [5.41, 5.74) is -0.0578. The van der Waals surface area contributed by atoms with Gasteiger partial charge in [0.25, 0.3) is 5.91 Å². The number of aromatic nitrogens is 1. The Kier molecular flexibility index (Phi) is 7.48. The van der Waals surface area contributed by atoms with Crippen LogP contribution in [0.5, 0.6) is 11.6 Å². The predicted octanol–water partition coefficient (Wildman–Crippen LogP) is 2.28. The van der Waals surface area contributed by atoms with Crippen molar-refractivity contribution in [2.45, 2.75) is 20.0 Å². The minimum atomic E-state index is -3.98. The number of pyridine rings is 1. The second-order valence-electron chi connectivity index (χ2n) is 5.96. The van der Waals surface area contributed by atoms with E-state index in [-0.39, 0.29) is 24.2 Å². The first-order valence-electron chi connectivity index (χ1n) is 8.42. The SMILES string of the molecule is CC(C)OC(=O)Oc1ccc(C(=O)NS(=O)(=O)CCOc2ccc(F)cc2)cn1. The number of carbonyl (C=O) groups is 2. The molecule has 0 fully saturated rings. The van der Waals surface area contributed by atoms with E-state index in [0.717, 1.165) is 6.20 Å². The fourth-order valence-corrected chi connectivity index (χ4v) is 2.73. The van der Waals surface area contributed by atoms with Gasteiger partial charge in [0.1, 0.15) is 23.9 Å². The Bertz CT molecular complexity index is 945. The topological polar surface area (TPSA) is 121 Å². The maximum Gasteiger partial charge on any atom is 0.515 e. The molecule has 1 aromatic carbocycles. The molecule has 0 spiro atoms. The lowest BCUT2D eigenvalue weighted by Gasteiger charge is -2.09. The Hall–Kier alpha value is -3.21. The number of hydrogen-bond acceptors (Lipinski definition) is 8. The molecule has 0 atom stereocenters. The monoisotopic (exact) mass is 426 g/mol. The van der Waals surface area contributed by atoms with Gasteiger partial charge in [-0.05, 0) is 44.2 Å². The summed E-state index contributed by atoms with van der Waals surface area (Å²) in [5.74, 6) is -1.66. The molecule has 0 saturated heterocycles. The van der Waals surface area contributed by atoms with Gasteiger partial charge >= 0.3 is 6.16 Å². The quantitative estimate of drug-likeness (QED) is 0.638. The summed E-state index contributed by atoms with van der Waals surface area (Å²) in [5, 5.41) is 0. The van der Waals surface area contributed by atoms with E-state index in [1.54, 1.807) is 13.8 Å². The number of carbonyl (C=O) groups excluding carboxylic acids is 2. The fraction of sp³-hybridized carbons (Fsp3) is 0.278. The second-order valence-corrected chi connectivity index (χ2v) is 7.80. The van der Waals surface area contributed by atoms with Gasteiger partial charge in [0, 0.05) is 12.3 Å². The maximum atomic E-state index is 12.8. The van der Waals surface area contributed by atoms with Crippen LogP contribution < -0.4 is 14.2 Å². The first-order chi connectivity index (χ1) is 13.6. The van der Waals surface area contributed by atoms with Crippen molar-refractivity contribution in [3.05, 3.63) is 54.0 Å². The summed E-state index contributed by atoms with van der Waals surface area (Å²) < 4.78 is 53.4. The van der Waals surface area contributed by atoms with Crippen LogP contribution >= 0.6 is 0 Å². The van der Waals surface area contributed by atoms with Gasteiger partial charge in [-0.3, -0.25) is 4.79 Å². The molecule has 1 amide bonds. The third-order valence-corrected chi connectivity index (χ3v) is 4.40. The van der Waals surface area contributed by atoms with E-state index in [2.05, 4.69) is 4.98 Å². The molecule has 2 rings (SSSR count). The van der Waals surface area contributed by atoms with E-state index in [1.807, 2.05) is 4.72 Å². The average Bonchev–Trinajstić information content (AvgIpc) is 2.62. The van der Waals surface area contributed by atoms with Crippen LogP contribution in [0.15, 0.2) is 42.6 Å². The van der Waals surface area contributed by atoms with Crippen molar-refractivity contribution in [2.75, 3.05) is 12.4 Å². The van der Waals surface area contributed by atoms with Gasteiger partial charge in [0.05, 0.1) is 11.7 Å². The summed E-state index contributed by atoms with van der Waals surface area (Å²) in [6, 6.07) is 7.52. The first kappa shape index (κ1) is 22.1. The van der Waals surface area contributed by atoms with Crippen molar-refractivity contribution in [1.82, 2.24) is 9.71 Å². The molecule has 29 heavy (non-hydrogen) atoms. The van der Waals surface area contributed by atoms with Crippen molar-refractivity contribution < 1.29 is 36.6 Å². The highest BCUT2D eigenvalue weighted by Crippen LogP contribution is 2.11. The number of sulfonamides is 1. The number of benzene rings is 1. The smallest absolute Gasteiger partial charge is 0.492 e. The van der Waals surface area contributed by atoms with Crippen LogP contribution in [0.3, 0.4) is 0 Å². The van der Waals surface area contributed by atoms with Crippen LogP contribution in [0.4, 0.5) is 9.18 Å². The van der Waals surface area contributed by atoms with Crippen LogP contribution in [-0.2, 0) is 14.8 Å². The molecule has 1 aromatic heterocycles. The Morgan fingerprint density at radius 3 is 2.41 bits per heavy atom. The molecule has 2 aromatic rings. The number of nitrogens with zero attached hydrogens (tertiary/aromatic N) is 1. The highest BCUT2D eigenvalue weighted by Gasteiger charge is 2.17. The zero-order valence-corrected chi connectivity index (χ0v) is 16.4. The van der Waals surface area contributed by atoms with Gasteiger partial charge in [-0.2, -0.15) is 0 Å². The van der Waals surface area contributed by atoms with Gasteiger partial charge in [-0.25, -0.2) is 27.3 Å². The lowest BCUT2D eigenvalue weighted by atomic mass is 10.3. The molecular formula is C18H19FN2O7S. The highest BCUT2D eigenvalue weighted by molar-refractivity contribution is 7.90. The summed E-state index contributed by atoms with van der Waals surface area (Å²) in [4.78, 5) is 27.2. The summed E-state index contributed by atoms with van der Waals surface area (Å²) in [6.07, 6.45) is -0.268. The van der Waals surface area contributed by atoms with Gasteiger partial charge in [0.15, 0.2) is 0 Å². The Morgan fingerprint density at radius 2 is 1.83 bits per heavy atom. The predicted molar refractivity (Wildman–Crippen MR) is 99.6 cm³/mol. The summed E-state index contributed by atoms with van der Waals surface area (Å²) in [7, 11) is -3.98. The number of rotatable bonds is 8. The average molecular weight is 426 g/mol. The van der Waals surface area contributed by atoms with Crippen LogP contribution in [0.1, 0.15) is 24.2 Å². The lowest BCUT2D eigenvalue weighted by Crippen LogP contribution is -2.34. The summed E-state index contributed by atoms with van der Waals surface area (Å²) >= 11 is 0. The van der Waals surface area contributed by atoms with Crippen LogP contribution in [-0.4, -0.2) is 43.9 Å². The van der Waals surface area contributed by atoms with Gasteiger partial charge in [-0.15, -0.1) is 0 Å². The number of halogens is 1.